The highest BCUT2D eigenvalue weighted by atomic mass is 19.1. The summed E-state index contributed by atoms with van der Waals surface area (Å²) in [6, 6.07) is 3.20. The first-order valence-corrected chi connectivity index (χ1v) is 3.78. The lowest BCUT2D eigenvalue weighted by Crippen LogP contribution is -2.13. The minimum Gasteiger partial charge on any atom is -0.368 e. The van der Waals surface area contributed by atoms with Crippen LogP contribution < -0.4 is 0 Å². The summed E-state index contributed by atoms with van der Waals surface area (Å²) in [5.74, 6) is -1.30. The van der Waals surface area contributed by atoms with Crippen molar-refractivity contribution in [3.05, 3.63) is 35.4 Å². The third-order valence-corrected chi connectivity index (χ3v) is 1.68. The second-order valence-corrected chi connectivity index (χ2v) is 2.63. The predicted molar refractivity (Wildman–Crippen MR) is 43.1 cm³/mol. The van der Waals surface area contributed by atoms with Crippen LogP contribution in [0.15, 0.2) is 18.2 Å². The van der Waals surface area contributed by atoms with Gasteiger partial charge in [0, 0.05) is 19.6 Å². The molecule has 2 nitrogen and oxygen atoms in total. The van der Waals surface area contributed by atoms with Crippen LogP contribution >= 0.6 is 0 Å². The largest absolute Gasteiger partial charge is 0.368 e. The average Bonchev–Trinajstić information content (AvgIpc) is 2.09. The molecule has 0 aliphatic carbocycles. The normalized spacial score (nSPS) is 12.9. The van der Waals surface area contributed by atoms with Gasteiger partial charge in [0.2, 0.25) is 0 Å². The molecule has 0 saturated heterocycles. The van der Waals surface area contributed by atoms with Crippen molar-refractivity contribution in [2.45, 2.75) is 12.7 Å². The van der Waals surface area contributed by atoms with E-state index in [2.05, 4.69) is 4.74 Å². The second-order valence-electron chi connectivity index (χ2n) is 2.63. The first-order valence-electron chi connectivity index (χ1n) is 3.78. The van der Waals surface area contributed by atoms with Crippen molar-refractivity contribution in [1.29, 1.82) is 0 Å². The van der Waals surface area contributed by atoms with Crippen molar-refractivity contribution in [3.63, 3.8) is 0 Å². The van der Waals surface area contributed by atoms with Crippen LogP contribution in [-0.2, 0) is 11.2 Å². The number of benzene rings is 1. The summed E-state index contributed by atoms with van der Waals surface area (Å²) < 4.78 is 29.9. The summed E-state index contributed by atoms with van der Waals surface area (Å²) in [5.41, 5.74) is 0.232. The monoisotopic (exact) mass is 188 g/mol. The van der Waals surface area contributed by atoms with Gasteiger partial charge in [-0.2, -0.15) is 0 Å². The molecule has 1 unspecified atom stereocenters. The van der Waals surface area contributed by atoms with Crippen LogP contribution in [0.2, 0.25) is 0 Å². The van der Waals surface area contributed by atoms with Gasteiger partial charge in [-0.05, 0) is 11.6 Å². The zero-order valence-corrected chi connectivity index (χ0v) is 7.13. The van der Waals surface area contributed by atoms with E-state index < -0.39 is 17.9 Å². The van der Waals surface area contributed by atoms with Crippen LogP contribution in [0.4, 0.5) is 8.78 Å². The van der Waals surface area contributed by atoms with Crippen LogP contribution in [0.3, 0.4) is 0 Å². The summed E-state index contributed by atoms with van der Waals surface area (Å²) in [5, 5.41) is 9.02. The number of aliphatic hydroxyl groups excluding tert-OH is 1. The Morgan fingerprint density at radius 1 is 1.46 bits per heavy atom. The highest BCUT2D eigenvalue weighted by molar-refractivity contribution is 5.18. The van der Waals surface area contributed by atoms with Gasteiger partial charge in [0.1, 0.15) is 11.6 Å². The number of hydrogen-bond acceptors (Lipinski definition) is 2. The van der Waals surface area contributed by atoms with E-state index in [1.54, 1.807) is 0 Å². The summed E-state index contributed by atoms with van der Waals surface area (Å²) in [4.78, 5) is 0. The van der Waals surface area contributed by atoms with Gasteiger partial charge in [-0.15, -0.1) is 0 Å². The van der Waals surface area contributed by atoms with Gasteiger partial charge in [0.25, 0.3) is 0 Å². The minimum absolute atomic E-state index is 0.0165. The zero-order chi connectivity index (χ0) is 9.84. The summed E-state index contributed by atoms with van der Waals surface area (Å²) >= 11 is 0. The van der Waals surface area contributed by atoms with Crippen molar-refractivity contribution in [1.82, 2.24) is 0 Å². The van der Waals surface area contributed by atoms with Gasteiger partial charge in [0.15, 0.2) is 6.29 Å². The fourth-order valence-corrected chi connectivity index (χ4v) is 0.959. The van der Waals surface area contributed by atoms with E-state index in [1.807, 2.05) is 0 Å². The van der Waals surface area contributed by atoms with Crippen LogP contribution in [0.25, 0.3) is 0 Å². The first kappa shape index (κ1) is 10.1. The van der Waals surface area contributed by atoms with Crippen molar-refractivity contribution < 1.29 is 18.6 Å². The van der Waals surface area contributed by atoms with Gasteiger partial charge in [-0.25, -0.2) is 8.78 Å². The maximum Gasteiger partial charge on any atom is 0.158 e. The molecule has 0 fully saturated rings. The number of aliphatic hydroxyl groups is 1. The average molecular weight is 188 g/mol. The number of hydrogen-bond donors (Lipinski definition) is 1. The lowest BCUT2D eigenvalue weighted by Gasteiger charge is -2.08. The molecule has 0 heterocycles. The second kappa shape index (κ2) is 4.30. The molecule has 0 amide bonds. The molecule has 0 spiro atoms. The van der Waals surface area contributed by atoms with Gasteiger partial charge >= 0.3 is 0 Å². The number of rotatable bonds is 3. The Morgan fingerprint density at radius 3 is 2.69 bits per heavy atom. The SMILES string of the molecule is COC(O)Cc1ccc(F)cc1F. The zero-order valence-electron chi connectivity index (χ0n) is 7.13. The van der Waals surface area contributed by atoms with E-state index in [4.69, 9.17) is 5.11 Å². The molecule has 1 N–H and O–H groups in total. The molecular weight excluding hydrogens is 178 g/mol. The molecule has 0 aliphatic rings. The van der Waals surface area contributed by atoms with Crippen molar-refractivity contribution in [2.24, 2.45) is 0 Å². The smallest absolute Gasteiger partial charge is 0.158 e. The maximum absolute atomic E-state index is 12.9. The molecule has 1 atom stereocenters. The standard InChI is InChI=1S/C9H10F2O2/c1-13-9(12)4-6-2-3-7(10)5-8(6)11/h2-3,5,9,12H,4H2,1H3. The Balaban J connectivity index is 2.77. The van der Waals surface area contributed by atoms with Crippen LogP contribution in [0.1, 0.15) is 5.56 Å². The number of ether oxygens (including phenoxy) is 1. The van der Waals surface area contributed by atoms with E-state index in [-0.39, 0.29) is 12.0 Å². The van der Waals surface area contributed by atoms with E-state index in [9.17, 15) is 8.78 Å². The Labute approximate surface area is 74.8 Å². The summed E-state index contributed by atoms with van der Waals surface area (Å²) in [6.45, 7) is 0. The molecule has 0 radical (unpaired) electrons. The van der Waals surface area contributed by atoms with Gasteiger partial charge < -0.3 is 9.84 Å². The topological polar surface area (TPSA) is 29.5 Å². The third-order valence-electron chi connectivity index (χ3n) is 1.68. The lowest BCUT2D eigenvalue weighted by molar-refractivity contribution is -0.0724. The fraction of sp³-hybridized carbons (Fsp3) is 0.333. The Bertz CT molecular complexity index is 289. The number of methoxy groups -OCH3 is 1. The fourth-order valence-electron chi connectivity index (χ4n) is 0.959. The first-order chi connectivity index (χ1) is 6.13. The molecule has 4 heteroatoms. The van der Waals surface area contributed by atoms with Gasteiger partial charge in [-0.3, -0.25) is 0 Å². The third kappa shape index (κ3) is 2.75. The lowest BCUT2D eigenvalue weighted by atomic mass is 10.1. The molecule has 1 rings (SSSR count). The highest BCUT2D eigenvalue weighted by Gasteiger charge is 2.08. The highest BCUT2D eigenvalue weighted by Crippen LogP contribution is 2.11. The molecule has 0 bridgehead atoms. The molecule has 1 aromatic rings. The Hall–Kier alpha value is -1.00. The molecule has 72 valence electrons. The maximum atomic E-state index is 12.9. The van der Waals surface area contributed by atoms with E-state index in [0.717, 1.165) is 12.1 Å². The van der Waals surface area contributed by atoms with E-state index in [0.29, 0.717) is 0 Å². The van der Waals surface area contributed by atoms with E-state index in [1.165, 1.54) is 13.2 Å². The molecule has 1 aromatic carbocycles. The van der Waals surface area contributed by atoms with Crippen molar-refractivity contribution in [2.75, 3.05) is 7.11 Å². The minimum atomic E-state index is -1.06. The van der Waals surface area contributed by atoms with Crippen LogP contribution in [-0.4, -0.2) is 18.5 Å². The summed E-state index contributed by atoms with van der Waals surface area (Å²) in [7, 11) is 1.31. The molecule has 0 aliphatic heterocycles. The van der Waals surface area contributed by atoms with E-state index >= 15 is 0 Å². The Kier molecular flexibility index (Phi) is 3.33. The van der Waals surface area contributed by atoms with Crippen molar-refractivity contribution >= 4 is 0 Å². The summed E-state index contributed by atoms with van der Waals surface area (Å²) in [6.07, 6.45) is -1.04. The van der Waals surface area contributed by atoms with Crippen molar-refractivity contribution in [3.8, 4) is 0 Å². The molecule has 0 saturated carbocycles. The molecular formula is C9H10F2O2. The Morgan fingerprint density at radius 2 is 2.15 bits per heavy atom. The number of halogens is 2. The molecule has 13 heavy (non-hydrogen) atoms. The van der Waals surface area contributed by atoms with Crippen LogP contribution in [0, 0.1) is 11.6 Å². The van der Waals surface area contributed by atoms with Gasteiger partial charge in [0.05, 0.1) is 0 Å². The quantitative estimate of drug-likeness (QED) is 0.728. The van der Waals surface area contributed by atoms with Gasteiger partial charge in [-0.1, -0.05) is 6.07 Å². The van der Waals surface area contributed by atoms with Crippen LogP contribution in [0.5, 0.6) is 0 Å². The predicted octanol–water partition coefficient (Wildman–Crippen LogP) is 1.47. The molecule has 0 aromatic heterocycles.